The predicted octanol–water partition coefficient (Wildman–Crippen LogP) is -0.860. The molecule has 17 heteroatoms. The second-order valence-electron chi connectivity index (χ2n) is 7.85. The molecule has 2 amide bonds. The molecule has 0 radical (unpaired) electrons. The third-order valence-electron chi connectivity index (χ3n) is 5.61. The number of aromatic nitrogens is 3. The molecule has 2 aromatic rings. The number of amides is 2. The number of nitrogen functional groups attached to an aromatic ring is 2. The summed E-state index contributed by atoms with van der Waals surface area (Å²) in [7, 11) is 1.53. The van der Waals surface area contributed by atoms with Crippen molar-refractivity contribution in [1.29, 1.82) is 5.41 Å². The number of anilines is 2. The SMILES string of the molecule is C#CCO/N=C(\C(=O)N[C@@]1(C=S)C(=O)N2C(C(=O)O)=C(c3cc(N)nc(=N)n3C)CS[C@@H]21)c1csc(N)n1. The first-order valence-corrected chi connectivity index (χ1v) is 12.9. The number of hydrogen-bond acceptors (Lipinski definition) is 13. The van der Waals surface area contributed by atoms with Gasteiger partial charge < -0.3 is 31.3 Å². The van der Waals surface area contributed by atoms with Crippen molar-refractivity contribution >= 4 is 80.7 Å². The van der Waals surface area contributed by atoms with E-state index in [0.717, 1.165) is 21.6 Å². The average molecular weight is 574 g/mol. The van der Waals surface area contributed by atoms with Crippen molar-refractivity contribution in [2.24, 2.45) is 12.2 Å². The highest BCUT2D eigenvalue weighted by atomic mass is 32.2. The fourth-order valence-corrected chi connectivity index (χ4v) is 6.26. The Bertz CT molecular complexity index is 1540. The lowest BCUT2D eigenvalue weighted by Gasteiger charge is -2.55. The average Bonchev–Trinajstić information content (AvgIpc) is 3.31. The van der Waals surface area contributed by atoms with E-state index in [1.165, 1.54) is 34.8 Å². The molecule has 4 heterocycles. The number of thioether (sulfide) groups is 1. The van der Waals surface area contributed by atoms with Crippen molar-refractivity contribution in [1.82, 2.24) is 24.8 Å². The third-order valence-corrected chi connectivity index (χ3v) is 8.01. The van der Waals surface area contributed by atoms with E-state index in [2.05, 4.69) is 26.4 Å². The smallest absolute Gasteiger partial charge is 0.353 e. The first kappa shape index (κ1) is 26.8. The Hall–Kier alpha value is -4.27. The number of carboxylic acids is 1. The molecule has 38 heavy (non-hydrogen) atoms. The molecule has 0 saturated carbocycles. The Morgan fingerprint density at radius 1 is 1.50 bits per heavy atom. The number of rotatable bonds is 8. The fourth-order valence-electron chi connectivity index (χ4n) is 3.88. The van der Waals surface area contributed by atoms with E-state index < -0.39 is 28.7 Å². The molecule has 2 aromatic heterocycles. The fraction of sp³-hybridized carbons (Fsp3) is 0.238. The van der Waals surface area contributed by atoms with Gasteiger partial charge in [0.25, 0.3) is 11.8 Å². The Morgan fingerprint density at radius 2 is 2.24 bits per heavy atom. The molecule has 0 aliphatic carbocycles. The summed E-state index contributed by atoms with van der Waals surface area (Å²) < 4.78 is 1.35. The number of oxime groups is 1. The lowest BCUT2D eigenvalue weighted by molar-refractivity contribution is -0.153. The largest absolute Gasteiger partial charge is 0.477 e. The zero-order valence-electron chi connectivity index (χ0n) is 19.5. The van der Waals surface area contributed by atoms with Gasteiger partial charge in [0.15, 0.2) is 23.0 Å². The third kappa shape index (κ3) is 4.38. The summed E-state index contributed by atoms with van der Waals surface area (Å²) in [6.45, 7) is -0.230. The number of aliphatic carboxylic acids is 1. The number of carbonyl (C=O) groups is 3. The molecule has 196 valence electrons. The van der Waals surface area contributed by atoms with Gasteiger partial charge in [0.1, 0.15) is 22.6 Å². The number of thiazole rings is 1. The summed E-state index contributed by atoms with van der Waals surface area (Å²) >= 11 is 7.38. The Labute approximate surface area is 228 Å². The molecule has 0 unspecified atom stereocenters. The number of hydrogen-bond donors (Lipinski definition) is 5. The van der Waals surface area contributed by atoms with Gasteiger partial charge in [-0.3, -0.25) is 19.9 Å². The van der Waals surface area contributed by atoms with Gasteiger partial charge in [-0.15, -0.1) is 29.5 Å². The summed E-state index contributed by atoms with van der Waals surface area (Å²) in [5.74, 6) is -0.685. The lowest BCUT2D eigenvalue weighted by Crippen LogP contribution is -2.80. The van der Waals surface area contributed by atoms with Crippen LogP contribution in [-0.4, -0.2) is 76.7 Å². The van der Waals surface area contributed by atoms with E-state index in [4.69, 9.17) is 40.4 Å². The number of fused-ring (bicyclic) bond motifs is 1. The normalized spacial score (nSPS) is 20.7. The molecule has 2 aliphatic rings. The standard InChI is InChI=1S/C21H19N9O5S3/c1-3-4-35-28-13(10-7-38-20(24)25-10)15(31)27-21(8-36)17(34)30-14(16(32)33)9(6-37-18(21)30)11-5-12(22)26-19(23)29(11)2/h1,5,7-8,18H,4,6H2,2H3,(H2,24,25)(H,27,31)(H,32,33)(H3,22,23,26)/b28-13-/t18-,21+/m1/s1. The molecule has 0 aromatic carbocycles. The number of terminal acetylenes is 1. The van der Waals surface area contributed by atoms with Crippen LogP contribution >= 0.6 is 35.3 Å². The van der Waals surface area contributed by atoms with Crippen molar-refractivity contribution < 1.29 is 24.3 Å². The van der Waals surface area contributed by atoms with Crippen molar-refractivity contribution in [3.05, 3.63) is 34.1 Å². The molecule has 2 atom stereocenters. The zero-order valence-corrected chi connectivity index (χ0v) is 21.9. The molecule has 14 nitrogen and oxygen atoms in total. The van der Waals surface area contributed by atoms with Crippen LogP contribution < -0.4 is 22.4 Å². The number of carbonyl (C=O) groups excluding carboxylic acids is 2. The van der Waals surface area contributed by atoms with E-state index >= 15 is 0 Å². The first-order valence-electron chi connectivity index (χ1n) is 10.5. The monoisotopic (exact) mass is 573 g/mol. The number of nitrogens with one attached hydrogen (secondary N) is 2. The van der Waals surface area contributed by atoms with E-state index in [0.29, 0.717) is 5.69 Å². The second kappa shape index (κ2) is 10.2. The molecule has 7 N–H and O–H groups in total. The highest BCUT2D eigenvalue weighted by Gasteiger charge is 2.65. The molecular formula is C21H19N9O5S3. The van der Waals surface area contributed by atoms with Crippen LogP contribution in [0.5, 0.6) is 0 Å². The van der Waals surface area contributed by atoms with Gasteiger partial charge in [0.2, 0.25) is 5.62 Å². The number of β-lactam (4-membered cyclic amide) rings is 1. The summed E-state index contributed by atoms with van der Waals surface area (Å²) in [4.78, 5) is 53.0. The maximum Gasteiger partial charge on any atom is 0.353 e. The molecule has 1 saturated heterocycles. The Kier molecular flexibility index (Phi) is 7.22. The van der Waals surface area contributed by atoms with Crippen molar-refractivity contribution in [2.45, 2.75) is 10.9 Å². The van der Waals surface area contributed by atoms with Crippen LogP contribution in [0.1, 0.15) is 11.4 Å². The van der Waals surface area contributed by atoms with Gasteiger partial charge in [-0.1, -0.05) is 23.3 Å². The predicted molar refractivity (Wildman–Crippen MR) is 143 cm³/mol. The molecule has 0 bridgehead atoms. The van der Waals surface area contributed by atoms with Gasteiger partial charge in [0, 0.05) is 35.2 Å². The van der Waals surface area contributed by atoms with Crippen molar-refractivity contribution in [3.63, 3.8) is 0 Å². The Morgan fingerprint density at radius 3 is 2.84 bits per heavy atom. The second-order valence-corrected chi connectivity index (χ2v) is 10.0. The lowest BCUT2D eigenvalue weighted by atomic mass is 9.87. The van der Waals surface area contributed by atoms with Crippen LogP contribution in [0.2, 0.25) is 0 Å². The minimum absolute atomic E-state index is 0.0180. The summed E-state index contributed by atoms with van der Waals surface area (Å²) in [6.07, 6.45) is 5.17. The zero-order chi connectivity index (χ0) is 27.8. The summed E-state index contributed by atoms with van der Waals surface area (Å²) in [5, 5.41) is 26.2. The van der Waals surface area contributed by atoms with E-state index in [9.17, 15) is 19.5 Å². The van der Waals surface area contributed by atoms with Crippen LogP contribution in [0.15, 0.2) is 22.3 Å². The number of thiocarbonyl (C=S) groups is 1. The molecule has 2 aliphatic heterocycles. The van der Waals surface area contributed by atoms with Crippen LogP contribution in [0.3, 0.4) is 0 Å². The van der Waals surface area contributed by atoms with E-state index in [1.807, 2.05) is 0 Å². The maximum atomic E-state index is 13.5. The molecule has 1 fully saturated rings. The topological polar surface area (TPSA) is 215 Å². The van der Waals surface area contributed by atoms with E-state index in [-0.39, 0.29) is 51.6 Å². The van der Waals surface area contributed by atoms with Crippen LogP contribution in [0.4, 0.5) is 10.9 Å². The van der Waals surface area contributed by atoms with Crippen LogP contribution in [-0.2, 0) is 26.3 Å². The number of nitrogens with zero attached hydrogens (tertiary/aromatic N) is 5. The van der Waals surface area contributed by atoms with E-state index in [1.54, 1.807) is 0 Å². The van der Waals surface area contributed by atoms with Gasteiger partial charge >= 0.3 is 5.97 Å². The van der Waals surface area contributed by atoms with Gasteiger partial charge in [-0.05, 0) is 0 Å². The molecule has 0 spiro atoms. The minimum Gasteiger partial charge on any atom is -0.477 e. The molecule has 4 rings (SSSR count). The van der Waals surface area contributed by atoms with Gasteiger partial charge in [-0.25, -0.2) is 9.78 Å². The highest BCUT2D eigenvalue weighted by molar-refractivity contribution is 8.00. The summed E-state index contributed by atoms with van der Waals surface area (Å²) in [5.41, 5.74) is 9.57. The quantitative estimate of drug-likeness (QED) is 0.0654. The molecular weight excluding hydrogens is 554 g/mol. The van der Waals surface area contributed by atoms with Crippen molar-refractivity contribution in [2.75, 3.05) is 23.8 Å². The van der Waals surface area contributed by atoms with Gasteiger partial charge in [0.05, 0.1) is 5.69 Å². The van der Waals surface area contributed by atoms with Crippen molar-refractivity contribution in [3.8, 4) is 12.3 Å². The first-order chi connectivity index (χ1) is 18.0. The number of nitrogens with two attached hydrogens (primary N) is 2. The van der Waals surface area contributed by atoms with Gasteiger partial charge in [-0.2, -0.15) is 4.98 Å². The maximum absolute atomic E-state index is 13.5. The minimum atomic E-state index is -1.74. The van der Waals surface area contributed by atoms with Crippen LogP contribution in [0, 0.1) is 17.8 Å². The van der Waals surface area contributed by atoms with Crippen LogP contribution in [0.25, 0.3) is 5.57 Å². The highest BCUT2D eigenvalue weighted by Crippen LogP contribution is 2.47. The Balaban J connectivity index is 1.72. The summed E-state index contributed by atoms with van der Waals surface area (Å²) in [6, 6.07) is 1.42. The number of carboxylic acid groups (broad SMARTS) is 1.